The molecule has 0 atom stereocenters. The van der Waals surface area contributed by atoms with Gasteiger partial charge in [-0.25, -0.2) is 17.9 Å². The van der Waals surface area contributed by atoms with Gasteiger partial charge in [-0.3, -0.25) is 4.79 Å². The number of halogens is 1. The number of aromatic nitrogens is 2. The molecule has 0 saturated heterocycles. The van der Waals surface area contributed by atoms with Crippen LogP contribution in [-0.4, -0.2) is 30.3 Å². The van der Waals surface area contributed by atoms with Crippen molar-refractivity contribution >= 4 is 55.5 Å². The SMILES string of the molecule is Cc1ccc(NC(=O)CSc2nnc(Nc3ccccc3F)s2)cc1S(N)(=O)=O. The molecule has 0 aliphatic rings. The monoisotopic (exact) mass is 453 g/mol. The van der Waals surface area contributed by atoms with E-state index in [1.54, 1.807) is 37.3 Å². The number of benzene rings is 2. The number of anilines is 3. The molecule has 0 aliphatic heterocycles. The van der Waals surface area contributed by atoms with E-state index < -0.39 is 15.8 Å². The molecule has 0 radical (unpaired) electrons. The molecule has 0 bridgehead atoms. The van der Waals surface area contributed by atoms with E-state index >= 15 is 0 Å². The number of sulfonamides is 1. The molecule has 3 aromatic rings. The first-order chi connectivity index (χ1) is 13.7. The Hall–Kier alpha value is -2.54. The summed E-state index contributed by atoms with van der Waals surface area (Å²) < 4.78 is 37.3. The van der Waals surface area contributed by atoms with Crippen molar-refractivity contribution in [1.29, 1.82) is 0 Å². The lowest BCUT2D eigenvalue weighted by molar-refractivity contribution is -0.113. The predicted molar refractivity (Wildman–Crippen MR) is 111 cm³/mol. The predicted octanol–water partition coefficient (Wildman–Crippen LogP) is 3.11. The first-order valence-electron chi connectivity index (χ1n) is 8.13. The number of hydrogen-bond donors (Lipinski definition) is 3. The molecule has 152 valence electrons. The zero-order valence-corrected chi connectivity index (χ0v) is 17.5. The molecule has 2 aromatic carbocycles. The van der Waals surface area contributed by atoms with Crippen LogP contribution < -0.4 is 15.8 Å². The number of hydrogen-bond acceptors (Lipinski definition) is 8. The van der Waals surface area contributed by atoms with Crippen LogP contribution in [0.4, 0.5) is 20.9 Å². The number of amides is 1. The lowest BCUT2D eigenvalue weighted by Crippen LogP contribution is -2.17. The number of nitrogens with two attached hydrogens (primary N) is 1. The quantitative estimate of drug-likeness (QED) is 0.469. The van der Waals surface area contributed by atoms with Crippen LogP contribution >= 0.6 is 23.1 Å². The van der Waals surface area contributed by atoms with E-state index in [0.29, 0.717) is 20.7 Å². The van der Waals surface area contributed by atoms with E-state index in [9.17, 15) is 17.6 Å². The van der Waals surface area contributed by atoms with Crippen LogP contribution in [0.3, 0.4) is 0 Å². The van der Waals surface area contributed by atoms with Crippen LogP contribution in [0.1, 0.15) is 5.56 Å². The highest BCUT2D eigenvalue weighted by Crippen LogP contribution is 2.28. The van der Waals surface area contributed by atoms with Gasteiger partial charge in [-0.05, 0) is 36.8 Å². The van der Waals surface area contributed by atoms with Crippen LogP contribution in [0.25, 0.3) is 0 Å². The van der Waals surface area contributed by atoms with Crippen molar-refractivity contribution < 1.29 is 17.6 Å². The van der Waals surface area contributed by atoms with Gasteiger partial charge in [0.05, 0.1) is 16.3 Å². The van der Waals surface area contributed by atoms with Gasteiger partial charge >= 0.3 is 0 Å². The Morgan fingerprint density at radius 3 is 2.72 bits per heavy atom. The molecule has 0 spiro atoms. The minimum absolute atomic E-state index is 0.0346. The maximum Gasteiger partial charge on any atom is 0.238 e. The second-order valence-electron chi connectivity index (χ2n) is 5.84. The third-order valence-electron chi connectivity index (χ3n) is 3.63. The second kappa shape index (κ2) is 8.86. The summed E-state index contributed by atoms with van der Waals surface area (Å²) in [5, 5.41) is 18.9. The fraction of sp³-hybridized carbons (Fsp3) is 0.118. The molecule has 0 unspecified atom stereocenters. The summed E-state index contributed by atoms with van der Waals surface area (Å²) in [6.07, 6.45) is 0. The molecule has 1 aromatic heterocycles. The van der Waals surface area contributed by atoms with Crippen LogP contribution in [-0.2, 0) is 14.8 Å². The molecule has 4 N–H and O–H groups in total. The Kier molecular flexibility index (Phi) is 6.47. The largest absolute Gasteiger partial charge is 0.328 e. The highest BCUT2D eigenvalue weighted by Gasteiger charge is 2.14. The third kappa shape index (κ3) is 5.73. The number of carbonyl (C=O) groups is 1. The third-order valence-corrected chi connectivity index (χ3v) is 6.65. The first kappa shape index (κ1) is 21.2. The average molecular weight is 454 g/mol. The van der Waals surface area contributed by atoms with Crippen molar-refractivity contribution in [3.05, 3.63) is 53.8 Å². The van der Waals surface area contributed by atoms with Gasteiger partial charge in [0, 0.05) is 5.69 Å². The molecule has 1 amide bonds. The number of carbonyl (C=O) groups excluding carboxylic acids is 1. The molecule has 1 heterocycles. The molecule has 0 fully saturated rings. The van der Waals surface area contributed by atoms with Crippen molar-refractivity contribution in [2.24, 2.45) is 5.14 Å². The molecule has 0 saturated carbocycles. The molecule has 8 nitrogen and oxygen atoms in total. The van der Waals surface area contributed by atoms with Crippen molar-refractivity contribution in [3.63, 3.8) is 0 Å². The Morgan fingerprint density at radius 1 is 1.24 bits per heavy atom. The smallest absolute Gasteiger partial charge is 0.238 e. The Labute approximate surface area is 174 Å². The minimum Gasteiger partial charge on any atom is -0.328 e. The summed E-state index contributed by atoms with van der Waals surface area (Å²) in [5.41, 5.74) is 1.09. The standard InChI is InChI=1S/C17H16FN5O3S3/c1-10-6-7-11(8-14(10)29(19,25)26)20-15(24)9-27-17-23-22-16(28-17)21-13-5-3-2-4-12(13)18/h2-8H,9H2,1H3,(H,20,24)(H,21,22)(H2,19,25,26). The Balaban J connectivity index is 1.58. The number of rotatable bonds is 7. The number of primary sulfonamides is 1. The fourth-order valence-corrected chi connectivity index (χ4v) is 4.68. The topological polar surface area (TPSA) is 127 Å². The van der Waals surface area contributed by atoms with Gasteiger partial charge < -0.3 is 10.6 Å². The normalized spacial score (nSPS) is 11.3. The van der Waals surface area contributed by atoms with Crippen LogP contribution in [0.2, 0.25) is 0 Å². The van der Waals surface area contributed by atoms with Crippen molar-refractivity contribution in [2.45, 2.75) is 16.2 Å². The van der Waals surface area contributed by atoms with E-state index in [-0.39, 0.29) is 22.2 Å². The van der Waals surface area contributed by atoms with Gasteiger partial charge in [-0.15, -0.1) is 10.2 Å². The van der Waals surface area contributed by atoms with Gasteiger partial charge in [0.1, 0.15) is 5.82 Å². The van der Waals surface area contributed by atoms with Crippen molar-refractivity contribution in [3.8, 4) is 0 Å². The van der Waals surface area contributed by atoms with E-state index in [1.165, 1.54) is 23.5 Å². The molecular formula is C17H16FN5O3S3. The summed E-state index contributed by atoms with van der Waals surface area (Å²) in [4.78, 5) is 12.1. The summed E-state index contributed by atoms with van der Waals surface area (Å²) >= 11 is 2.33. The Bertz CT molecular complexity index is 1150. The maximum absolute atomic E-state index is 13.7. The first-order valence-corrected chi connectivity index (χ1v) is 11.5. The summed E-state index contributed by atoms with van der Waals surface area (Å²) in [6, 6.07) is 10.7. The van der Waals surface area contributed by atoms with E-state index in [1.807, 2.05) is 0 Å². The highest BCUT2D eigenvalue weighted by molar-refractivity contribution is 8.01. The zero-order chi connectivity index (χ0) is 21.0. The summed E-state index contributed by atoms with van der Waals surface area (Å²) in [5.74, 6) is -0.723. The number of nitrogens with zero attached hydrogens (tertiary/aromatic N) is 2. The molecule has 3 rings (SSSR count). The summed E-state index contributed by atoms with van der Waals surface area (Å²) in [7, 11) is -3.88. The van der Waals surface area contributed by atoms with Gasteiger partial charge in [-0.2, -0.15) is 0 Å². The van der Waals surface area contributed by atoms with Gasteiger partial charge in [0.25, 0.3) is 0 Å². The van der Waals surface area contributed by atoms with Crippen LogP contribution in [0.15, 0.2) is 51.7 Å². The maximum atomic E-state index is 13.7. The van der Waals surface area contributed by atoms with Gasteiger partial charge in [0.15, 0.2) is 4.34 Å². The van der Waals surface area contributed by atoms with Gasteiger partial charge in [0.2, 0.25) is 21.1 Å². The second-order valence-corrected chi connectivity index (χ2v) is 9.57. The highest BCUT2D eigenvalue weighted by atomic mass is 32.2. The minimum atomic E-state index is -3.88. The molecule has 12 heteroatoms. The van der Waals surface area contributed by atoms with E-state index in [0.717, 1.165) is 11.8 Å². The summed E-state index contributed by atoms with van der Waals surface area (Å²) in [6.45, 7) is 1.61. The fourth-order valence-electron chi connectivity index (χ4n) is 2.31. The van der Waals surface area contributed by atoms with Gasteiger partial charge in [-0.1, -0.05) is 41.3 Å². The van der Waals surface area contributed by atoms with E-state index in [4.69, 9.17) is 5.14 Å². The molecule has 0 aliphatic carbocycles. The lowest BCUT2D eigenvalue weighted by Gasteiger charge is -2.08. The lowest BCUT2D eigenvalue weighted by atomic mass is 10.2. The number of thioether (sulfide) groups is 1. The van der Waals surface area contributed by atoms with Crippen LogP contribution in [0.5, 0.6) is 0 Å². The Morgan fingerprint density at radius 2 is 2.00 bits per heavy atom. The van der Waals surface area contributed by atoms with Crippen molar-refractivity contribution in [1.82, 2.24) is 10.2 Å². The van der Waals surface area contributed by atoms with Crippen LogP contribution in [0, 0.1) is 12.7 Å². The van der Waals surface area contributed by atoms with Crippen molar-refractivity contribution in [2.75, 3.05) is 16.4 Å². The average Bonchev–Trinajstić information content (AvgIpc) is 3.10. The van der Waals surface area contributed by atoms with E-state index in [2.05, 4.69) is 20.8 Å². The molecular weight excluding hydrogens is 437 g/mol. The molecule has 29 heavy (non-hydrogen) atoms. The number of nitrogens with one attached hydrogen (secondary N) is 2. The zero-order valence-electron chi connectivity index (χ0n) is 15.0. The number of para-hydroxylation sites is 1. The number of aryl methyl sites for hydroxylation is 1.